The Morgan fingerprint density at radius 3 is 2.81 bits per heavy atom. The van der Waals surface area contributed by atoms with Crippen molar-refractivity contribution in [3.63, 3.8) is 0 Å². The lowest BCUT2D eigenvalue weighted by Crippen LogP contribution is -2.43. The van der Waals surface area contributed by atoms with Crippen LogP contribution in [0.25, 0.3) is 21.9 Å². The van der Waals surface area contributed by atoms with Crippen LogP contribution in [0.15, 0.2) is 63.8 Å². The fourth-order valence-electron chi connectivity index (χ4n) is 4.20. The van der Waals surface area contributed by atoms with Gasteiger partial charge in [0.25, 0.3) is 5.91 Å². The molecular weight excluding hydrogens is 396 g/mol. The number of carbonyl (C=O) groups excluding carboxylic acids is 2. The number of likely N-dealkylation sites (tertiary alicyclic amines) is 1. The van der Waals surface area contributed by atoms with Gasteiger partial charge in [-0.05, 0) is 31.0 Å². The molecule has 2 aromatic heterocycles. The number of carbonyl (C=O) groups is 2. The number of rotatable bonds is 4. The van der Waals surface area contributed by atoms with Crippen LogP contribution in [0.3, 0.4) is 0 Å². The Kier molecular flexibility index (Phi) is 4.86. The standard InChI is InChI=1S/C24H22N2O5/c1-29-22-11-18-17-6-2-3-7-20(17)31-21(18)12-19(22)25-23(27)15-5-4-9-26(13-15)24(28)16-8-10-30-14-16/h2-3,6-8,10-12,14-15H,4-5,9,13H2,1H3,(H,25,27)/t15-/m1/s1. The lowest BCUT2D eigenvalue weighted by atomic mass is 9.96. The van der Waals surface area contributed by atoms with Crippen molar-refractivity contribution in [3.05, 3.63) is 60.6 Å². The molecule has 1 aliphatic heterocycles. The minimum absolute atomic E-state index is 0.118. The monoisotopic (exact) mass is 418 g/mol. The topological polar surface area (TPSA) is 84.9 Å². The van der Waals surface area contributed by atoms with E-state index < -0.39 is 0 Å². The molecule has 1 fully saturated rings. The van der Waals surface area contributed by atoms with E-state index in [1.165, 1.54) is 12.5 Å². The second-order valence-corrected chi connectivity index (χ2v) is 7.74. The third kappa shape index (κ3) is 3.52. The summed E-state index contributed by atoms with van der Waals surface area (Å²) in [7, 11) is 1.57. The van der Waals surface area contributed by atoms with Gasteiger partial charge in [0.15, 0.2) is 0 Å². The molecule has 1 aliphatic rings. The average molecular weight is 418 g/mol. The van der Waals surface area contributed by atoms with Crippen molar-refractivity contribution in [1.82, 2.24) is 4.90 Å². The van der Waals surface area contributed by atoms with Gasteiger partial charge >= 0.3 is 0 Å². The smallest absolute Gasteiger partial charge is 0.257 e. The highest BCUT2D eigenvalue weighted by molar-refractivity contribution is 6.08. The molecule has 158 valence electrons. The number of furan rings is 2. The van der Waals surface area contributed by atoms with Crippen LogP contribution in [0.4, 0.5) is 5.69 Å². The third-order valence-electron chi connectivity index (χ3n) is 5.80. The zero-order valence-electron chi connectivity index (χ0n) is 17.1. The molecular formula is C24H22N2O5. The van der Waals surface area contributed by atoms with E-state index in [9.17, 15) is 9.59 Å². The van der Waals surface area contributed by atoms with Gasteiger partial charge in [0, 0.05) is 29.9 Å². The molecule has 3 heterocycles. The van der Waals surface area contributed by atoms with E-state index in [2.05, 4.69) is 5.32 Å². The number of nitrogens with zero attached hydrogens (tertiary/aromatic N) is 1. The van der Waals surface area contributed by atoms with Gasteiger partial charge in [0.05, 0.1) is 30.5 Å². The summed E-state index contributed by atoms with van der Waals surface area (Å²) in [4.78, 5) is 27.4. The first-order valence-corrected chi connectivity index (χ1v) is 10.3. The molecule has 1 N–H and O–H groups in total. The van der Waals surface area contributed by atoms with Gasteiger partial charge < -0.3 is 23.8 Å². The number of para-hydroxylation sites is 1. The Bertz CT molecular complexity index is 1260. The Balaban J connectivity index is 1.38. The van der Waals surface area contributed by atoms with Crippen LogP contribution in [0.1, 0.15) is 23.2 Å². The van der Waals surface area contributed by atoms with E-state index in [-0.39, 0.29) is 17.7 Å². The first-order chi connectivity index (χ1) is 15.1. The van der Waals surface area contributed by atoms with E-state index in [0.717, 1.165) is 29.2 Å². The summed E-state index contributed by atoms with van der Waals surface area (Å²) < 4.78 is 16.5. The molecule has 0 saturated carbocycles. The first kappa shape index (κ1) is 19.2. The van der Waals surface area contributed by atoms with Crippen LogP contribution in [0.5, 0.6) is 5.75 Å². The molecule has 0 bridgehead atoms. The number of anilines is 1. The lowest BCUT2D eigenvalue weighted by Gasteiger charge is -2.31. The van der Waals surface area contributed by atoms with Crippen molar-refractivity contribution in [2.45, 2.75) is 12.8 Å². The van der Waals surface area contributed by atoms with Crippen LogP contribution in [-0.2, 0) is 4.79 Å². The predicted octanol–water partition coefficient (Wildman–Crippen LogP) is 4.68. The molecule has 31 heavy (non-hydrogen) atoms. The quantitative estimate of drug-likeness (QED) is 0.520. The molecule has 7 nitrogen and oxygen atoms in total. The number of amides is 2. The molecule has 5 rings (SSSR count). The van der Waals surface area contributed by atoms with Gasteiger partial charge in [-0.15, -0.1) is 0 Å². The molecule has 7 heteroatoms. The fraction of sp³-hybridized carbons (Fsp3) is 0.250. The van der Waals surface area contributed by atoms with Gasteiger partial charge in [0.2, 0.25) is 5.91 Å². The number of hydrogen-bond acceptors (Lipinski definition) is 5. The summed E-state index contributed by atoms with van der Waals surface area (Å²) in [5.41, 5.74) is 2.51. The van der Waals surface area contributed by atoms with Gasteiger partial charge in [0.1, 0.15) is 23.2 Å². The minimum atomic E-state index is -0.305. The van der Waals surface area contributed by atoms with Crippen molar-refractivity contribution >= 4 is 39.4 Å². The fourth-order valence-corrected chi connectivity index (χ4v) is 4.20. The van der Waals surface area contributed by atoms with Crippen LogP contribution < -0.4 is 10.1 Å². The Morgan fingerprint density at radius 2 is 2.00 bits per heavy atom. The Hall–Kier alpha value is -3.74. The summed E-state index contributed by atoms with van der Waals surface area (Å²) >= 11 is 0. The number of methoxy groups -OCH3 is 1. The highest BCUT2D eigenvalue weighted by atomic mass is 16.5. The van der Waals surface area contributed by atoms with Crippen molar-refractivity contribution in [2.24, 2.45) is 5.92 Å². The number of nitrogens with one attached hydrogen (secondary N) is 1. The molecule has 4 aromatic rings. The zero-order chi connectivity index (χ0) is 21.4. The van der Waals surface area contributed by atoms with E-state index in [1.807, 2.05) is 30.3 Å². The van der Waals surface area contributed by atoms with Gasteiger partial charge in [-0.2, -0.15) is 0 Å². The normalized spacial score (nSPS) is 16.5. The SMILES string of the molecule is COc1cc2c(cc1NC(=O)[C@@H]1CCCN(C(=O)c3ccoc3)C1)oc1ccccc12. The van der Waals surface area contributed by atoms with Crippen molar-refractivity contribution in [2.75, 3.05) is 25.5 Å². The number of hydrogen-bond donors (Lipinski definition) is 1. The van der Waals surface area contributed by atoms with E-state index in [1.54, 1.807) is 24.1 Å². The van der Waals surface area contributed by atoms with Crippen molar-refractivity contribution in [1.29, 1.82) is 0 Å². The van der Waals surface area contributed by atoms with Crippen molar-refractivity contribution in [3.8, 4) is 5.75 Å². The molecule has 2 aromatic carbocycles. The van der Waals surface area contributed by atoms with Crippen LogP contribution in [0.2, 0.25) is 0 Å². The van der Waals surface area contributed by atoms with E-state index in [4.69, 9.17) is 13.6 Å². The summed E-state index contributed by atoms with van der Waals surface area (Å²) in [6.07, 6.45) is 4.39. The second-order valence-electron chi connectivity index (χ2n) is 7.74. The van der Waals surface area contributed by atoms with Crippen LogP contribution >= 0.6 is 0 Å². The lowest BCUT2D eigenvalue weighted by molar-refractivity contribution is -0.121. The maximum Gasteiger partial charge on any atom is 0.257 e. The van der Waals surface area contributed by atoms with Crippen LogP contribution in [-0.4, -0.2) is 36.9 Å². The summed E-state index contributed by atoms with van der Waals surface area (Å²) in [6, 6.07) is 13.1. The van der Waals surface area contributed by atoms with Gasteiger partial charge in [-0.25, -0.2) is 0 Å². The summed E-state index contributed by atoms with van der Waals surface area (Å²) in [6.45, 7) is 0.993. The van der Waals surface area contributed by atoms with Gasteiger partial charge in [-0.3, -0.25) is 9.59 Å². The third-order valence-corrected chi connectivity index (χ3v) is 5.80. The predicted molar refractivity (Wildman–Crippen MR) is 116 cm³/mol. The molecule has 1 saturated heterocycles. The number of benzene rings is 2. The Labute approximate surface area is 178 Å². The largest absolute Gasteiger partial charge is 0.495 e. The maximum atomic E-state index is 13.0. The van der Waals surface area contributed by atoms with E-state index in [0.29, 0.717) is 35.7 Å². The number of ether oxygens (including phenoxy) is 1. The molecule has 0 spiro atoms. The molecule has 2 amide bonds. The summed E-state index contributed by atoms with van der Waals surface area (Å²) in [5, 5.41) is 4.91. The highest BCUT2D eigenvalue weighted by Gasteiger charge is 2.30. The van der Waals surface area contributed by atoms with Gasteiger partial charge in [-0.1, -0.05) is 18.2 Å². The molecule has 0 aliphatic carbocycles. The van der Waals surface area contributed by atoms with E-state index >= 15 is 0 Å². The minimum Gasteiger partial charge on any atom is -0.495 e. The van der Waals surface area contributed by atoms with Crippen LogP contribution in [0, 0.1) is 5.92 Å². The Morgan fingerprint density at radius 1 is 1.13 bits per heavy atom. The molecule has 0 unspecified atom stereocenters. The number of piperidine rings is 1. The zero-order valence-corrected chi connectivity index (χ0v) is 17.1. The average Bonchev–Trinajstić information content (AvgIpc) is 3.46. The second kappa shape index (κ2) is 7.83. The highest BCUT2D eigenvalue weighted by Crippen LogP contribution is 2.36. The van der Waals surface area contributed by atoms with Crippen molar-refractivity contribution < 1.29 is 23.2 Å². The maximum absolute atomic E-state index is 13.0. The first-order valence-electron chi connectivity index (χ1n) is 10.3. The number of fused-ring (bicyclic) bond motifs is 3. The summed E-state index contributed by atoms with van der Waals surface area (Å²) in [5.74, 6) is 0.00111. The molecule has 1 atom stereocenters. The molecule has 0 radical (unpaired) electrons.